The third kappa shape index (κ3) is 2.92. The summed E-state index contributed by atoms with van der Waals surface area (Å²) < 4.78 is 0. The number of hydrogen-bond acceptors (Lipinski definition) is 3. The topological polar surface area (TPSA) is 41.5 Å². The van der Waals surface area contributed by atoms with Crippen LogP contribution in [0.25, 0.3) is 0 Å². The van der Waals surface area contributed by atoms with Crippen LogP contribution in [0.15, 0.2) is 57.2 Å². The quantitative estimate of drug-likeness (QED) is 0.891. The molecule has 2 aromatic carbocycles. The van der Waals surface area contributed by atoms with Gasteiger partial charge in [-0.15, -0.1) is 0 Å². The molecule has 0 fully saturated rings. The monoisotopic (exact) mass is 310 g/mol. The first-order chi connectivity index (χ1) is 10.5. The molecule has 3 nitrogen and oxygen atoms in total. The van der Waals surface area contributed by atoms with Gasteiger partial charge in [0.05, 0.1) is 5.69 Å². The average molecular weight is 310 g/mol. The Balaban J connectivity index is 2.02. The first-order valence-corrected chi connectivity index (χ1v) is 8.13. The predicted octanol–water partition coefficient (Wildman–Crippen LogP) is 4.43. The maximum atomic E-state index is 12.2. The van der Waals surface area contributed by atoms with E-state index in [0.29, 0.717) is 5.56 Å². The molecule has 1 amide bonds. The Bertz CT molecular complexity index is 765. The fourth-order valence-electron chi connectivity index (χ4n) is 2.39. The van der Waals surface area contributed by atoms with E-state index < -0.39 is 0 Å². The third-order valence-corrected chi connectivity index (χ3v) is 4.57. The number of benzene rings is 2. The summed E-state index contributed by atoms with van der Waals surface area (Å²) in [5.41, 5.74) is 3.63. The number of nitrogens with zero attached hydrogens (tertiary/aromatic N) is 1. The van der Waals surface area contributed by atoms with Gasteiger partial charge in [0.25, 0.3) is 5.91 Å². The zero-order valence-electron chi connectivity index (χ0n) is 12.9. The van der Waals surface area contributed by atoms with E-state index in [2.05, 4.69) is 17.4 Å². The summed E-state index contributed by atoms with van der Waals surface area (Å²) >= 11 is 1.70. The Kier molecular flexibility index (Phi) is 4.03. The lowest BCUT2D eigenvalue weighted by Gasteiger charge is -2.10. The lowest BCUT2D eigenvalue weighted by Crippen LogP contribution is -2.29. The molecule has 1 aliphatic heterocycles. The lowest BCUT2D eigenvalue weighted by atomic mass is 10.1. The van der Waals surface area contributed by atoms with Gasteiger partial charge in [-0.1, -0.05) is 30.0 Å². The highest BCUT2D eigenvalue weighted by Crippen LogP contribution is 2.40. The molecular weight excluding hydrogens is 292 g/mol. The zero-order valence-corrected chi connectivity index (χ0v) is 13.7. The fourth-order valence-corrected chi connectivity index (χ4v) is 3.45. The Morgan fingerprint density at radius 1 is 1.14 bits per heavy atom. The van der Waals surface area contributed by atoms with Crippen molar-refractivity contribution in [3.63, 3.8) is 0 Å². The van der Waals surface area contributed by atoms with Gasteiger partial charge in [0, 0.05) is 32.7 Å². The van der Waals surface area contributed by atoms with Crippen molar-refractivity contribution in [3.05, 3.63) is 53.6 Å². The highest BCUT2D eigenvalue weighted by Gasteiger charge is 2.16. The maximum Gasteiger partial charge on any atom is 0.251 e. The molecule has 4 heteroatoms. The van der Waals surface area contributed by atoms with Gasteiger partial charge in [-0.3, -0.25) is 9.79 Å². The number of nitrogens with one attached hydrogen (secondary N) is 1. The molecule has 0 saturated carbocycles. The van der Waals surface area contributed by atoms with Crippen LogP contribution in [0.3, 0.4) is 0 Å². The van der Waals surface area contributed by atoms with Gasteiger partial charge in [0.1, 0.15) is 0 Å². The van der Waals surface area contributed by atoms with E-state index in [1.807, 2.05) is 51.1 Å². The van der Waals surface area contributed by atoms with E-state index in [4.69, 9.17) is 4.99 Å². The predicted molar refractivity (Wildman–Crippen MR) is 91.5 cm³/mol. The molecule has 0 radical (unpaired) electrons. The number of hydrogen-bond donors (Lipinski definition) is 1. The molecule has 0 unspecified atom stereocenters. The van der Waals surface area contributed by atoms with Crippen LogP contribution >= 0.6 is 11.8 Å². The summed E-state index contributed by atoms with van der Waals surface area (Å²) in [5, 5.41) is 2.92. The summed E-state index contributed by atoms with van der Waals surface area (Å²) in [4.78, 5) is 19.1. The van der Waals surface area contributed by atoms with Crippen molar-refractivity contribution in [2.45, 2.75) is 36.6 Å². The van der Waals surface area contributed by atoms with Gasteiger partial charge >= 0.3 is 0 Å². The van der Waals surface area contributed by atoms with Crippen LogP contribution in [0.4, 0.5) is 5.69 Å². The number of carbonyl (C=O) groups excluding carboxylic acids is 1. The number of fused-ring (bicyclic) bond motifs is 2. The van der Waals surface area contributed by atoms with E-state index in [1.54, 1.807) is 11.8 Å². The Morgan fingerprint density at radius 2 is 1.91 bits per heavy atom. The molecule has 0 atom stereocenters. The molecule has 22 heavy (non-hydrogen) atoms. The van der Waals surface area contributed by atoms with Crippen LogP contribution < -0.4 is 5.32 Å². The second-order valence-electron chi connectivity index (χ2n) is 5.61. The summed E-state index contributed by atoms with van der Waals surface area (Å²) in [7, 11) is 0. The van der Waals surface area contributed by atoms with Gasteiger partial charge in [-0.2, -0.15) is 0 Å². The van der Waals surface area contributed by atoms with Crippen LogP contribution in [-0.4, -0.2) is 17.7 Å². The standard InChI is InChI=1S/C18H18N2OS/c1-11(2)19-18(21)13-8-9-17-15(10-13)20-12(3)14-6-4-5-7-16(14)22-17/h4-11H,1-3H3,(H,19,21). The molecule has 1 heterocycles. The molecule has 112 valence electrons. The van der Waals surface area contributed by atoms with Crippen LogP contribution in [0.5, 0.6) is 0 Å². The second kappa shape index (κ2) is 5.97. The van der Waals surface area contributed by atoms with E-state index in [0.717, 1.165) is 21.9 Å². The number of aliphatic imine (C=N–C) groups is 1. The molecule has 1 N–H and O–H groups in total. The van der Waals surface area contributed by atoms with Crippen LogP contribution in [-0.2, 0) is 0 Å². The maximum absolute atomic E-state index is 12.2. The first kappa shape index (κ1) is 14.9. The minimum Gasteiger partial charge on any atom is -0.350 e. The van der Waals surface area contributed by atoms with Crippen molar-refractivity contribution < 1.29 is 4.79 Å². The largest absolute Gasteiger partial charge is 0.350 e. The molecule has 0 spiro atoms. The van der Waals surface area contributed by atoms with Crippen molar-refractivity contribution in [1.82, 2.24) is 5.32 Å². The number of amides is 1. The van der Waals surface area contributed by atoms with Crippen LogP contribution in [0.1, 0.15) is 36.7 Å². The molecule has 3 rings (SSSR count). The van der Waals surface area contributed by atoms with E-state index in [-0.39, 0.29) is 11.9 Å². The molecule has 0 aliphatic carbocycles. The van der Waals surface area contributed by atoms with Crippen LogP contribution in [0, 0.1) is 0 Å². The highest BCUT2D eigenvalue weighted by molar-refractivity contribution is 7.99. The Morgan fingerprint density at radius 3 is 2.68 bits per heavy atom. The Hall–Kier alpha value is -2.07. The third-order valence-electron chi connectivity index (χ3n) is 3.43. The van der Waals surface area contributed by atoms with Gasteiger partial charge < -0.3 is 5.32 Å². The van der Waals surface area contributed by atoms with Gasteiger partial charge in [0.2, 0.25) is 0 Å². The minimum absolute atomic E-state index is 0.0579. The fraction of sp³-hybridized carbons (Fsp3) is 0.222. The smallest absolute Gasteiger partial charge is 0.251 e. The Labute approximate surface area is 134 Å². The number of carbonyl (C=O) groups is 1. The first-order valence-electron chi connectivity index (χ1n) is 7.32. The minimum atomic E-state index is -0.0579. The SMILES string of the molecule is CC1=Nc2cc(C(=O)NC(C)C)ccc2Sc2ccccc21. The van der Waals surface area contributed by atoms with E-state index in [1.165, 1.54) is 4.90 Å². The summed E-state index contributed by atoms with van der Waals surface area (Å²) in [6.45, 7) is 5.92. The van der Waals surface area contributed by atoms with Gasteiger partial charge in [-0.25, -0.2) is 0 Å². The summed E-state index contributed by atoms with van der Waals surface area (Å²) in [5.74, 6) is -0.0579. The average Bonchev–Trinajstić information content (AvgIpc) is 2.62. The summed E-state index contributed by atoms with van der Waals surface area (Å²) in [6, 6.07) is 14.1. The molecule has 2 aromatic rings. The van der Waals surface area contributed by atoms with Crippen molar-refractivity contribution in [3.8, 4) is 0 Å². The molecule has 0 bridgehead atoms. The van der Waals surface area contributed by atoms with E-state index in [9.17, 15) is 4.79 Å². The van der Waals surface area contributed by atoms with Crippen molar-refractivity contribution in [1.29, 1.82) is 0 Å². The molecule has 0 aromatic heterocycles. The van der Waals surface area contributed by atoms with E-state index >= 15 is 0 Å². The second-order valence-corrected chi connectivity index (χ2v) is 6.69. The number of rotatable bonds is 2. The normalized spacial score (nSPS) is 13.0. The van der Waals surface area contributed by atoms with Gasteiger partial charge in [-0.05, 0) is 45.0 Å². The van der Waals surface area contributed by atoms with Crippen molar-refractivity contribution >= 4 is 29.1 Å². The lowest BCUT2D eigenvalue weighted by molar-refractivity contribution is 0.0943. The van der Waals surface area contributed by atoms with Crippen LogP contribution in [0.2, 0.25) is 0 Å². The van der Waals surface area contributed by atoms with Gasteiger partial charge in [0.15, 0.2) is 0 Å². The van der Waals surface area contributed by atoms with Crippen molar-refractivity contribution in [2.75, 3.05) is 0 Å². The highest BCUT2D eigenvalue weighted by atomic mass is 32.2. The summed E-state index contributed by atoms with van der Waals surface area (Å²) in [6.07, 6.45) is 0. The van der Waals surface area contributed by atoms with Crippen molar-refractivity contribution in [2.24, 2.45) is 4.99 Å². The zero-order chi connectivity index (χ0) is 15.7. The molecule has 0 saturated heterocycles. The molecular formula is C18H18N2OS. The molecule has 1 aliphatic rings.